The number of hydrogen-bond acceptors (Lipinski definition) is 5. The molecule has 5 rings (SSSR count). The molecule has 0 spiro atoms. The van der Waals surface area contributed by atoms with E-state index in [0.29, 0.717) is 0 Å². The molecule has 6 heteroatoms. The number of aromatic nitrogens is 3. The molecule has 3 aromatic rings. The molecule has 1 saturated heterocycles. The van der Waals surface area contributed by atoms with Gasteiger partial charge in [-0.3, -0.25) is 0 Å². The molecule has 2 aliphatic rings. The van der Waals surface area contributed by atoms with Gasteiger partial charge < -0.3 is 18.9 Å². The van der Waals surface area contributed by atoms with Crippen LogP contribution in [0.5, 0.6) is 11.5 Å². The molecule has 1 fully saturated rings. The molecule has 0 aliphatic carbocycles. The SMILES string of the molecule is COc1cc2c(cc1OC)-c1c(-c3ccc(N4CCCC4)nc3)nc(C)n1CC2. The minimum absolute atomic E-state index is 0.743. The molecule has 0 atom stereocenters. The third-order valence-corrected chi connectivity index (χ3v) is 6.08. The third kappa shape index (κ3) is 2.94. The number of hydrogen-bond donors (Lipinski definition) is 0. The van der Waals surface area contributed by atoms with Crippen molar-refractivity contribution in [2.45, 2.75) is 32.7 Å². The molecule has 0 unspecified atom stereocenters. The number of fused-ring (bicyclic) bond motifs is 3. The van der Waals surface area contributed by atoms with Gasteiger partial charge in [0.05, 0.1) is 25.6 Å². The summed E-state index contributed by atoms with van der Waals surface area (Å²) in [5.41, 5.74) is 5.59. The summed E-state index contributed by atoms with van der Waals surface area (Å²) in [7, 11) is 3.36. The Balaban J connectivity index is 1.61. The fourth-order valence-electron chi connectivity index (χ4n) is 4.55. The first kappa shape index (κ1) is 18.0. The van der Waals surface area contributed by atoms with Crippen LogP contribution in [0.15, 0.2) is 30.5 Å². The van der Waals surface area contributed by atoms with Crippen molar-refractivity contribution in [1.29, 1.82) is 0 Å². The predicted molar refractivity (Wildman–Crippen MR) is 114 cm³/mol. The fraction of sp³-hybridized carbons (Fsp3) is 0.391. The molecule has 0 bridgehead atoms. The lowest BCUT2D eigenvalue weighted by Gasteiger charge is -2.23. The summed E-state index contributed by atoms with van der Waals surface area (Å²) in [5.74, 6) is 3.60. The predicted octanol–water partition coefficient (Wildman–Crippen LogP) is 4.09. The quantitative estimate of drug-likeness (QED) is 0.671. The lowest BCUT2D eigenvalue weighted by molar-refractivity contribution is 0.354. The van der Waals surface area contributed by atoms with E-state index in [1.807, 2.05) is 6.20 Å². The lowest BCUT2D eigenvalue weighted by atomic mass is 9.95. The van der Waals surface area contributed by atoms with Crippen molar-refractivity contribution in [3.05, 3.63) is 41.9 Å². The highest BCUT2D eigenvalue weighted by molar-refractivity contribution is 5.83. The van der Waals surface area contributed by atoms with Crippen LogP contribution in [-0.4, -0.2) is 41.8 Å². The van der Waals surface area contributed by atoms with Crippen LogP contribution in [0, 0.1) is 6.92 Å². The molecule has 150 valence electrons. The molecule has 2 aliphatic heterocycles. The summed E-state index contributed by atoms with van der Waals surface area (Å²) in [5, 5.41) is 0. The summed E-state index contributed by atoms with van der Waals surface area (Å²) < 4.78 is 13.4. The van der Waals surface area contributed by atoms with Gasteiger partial charge in [-0.2, -0.15) is 0 Å². The van der Waals surface area contributed by atoms with Crippen LogP contribution in [0.4, 0.5) is 5.82 Å². The first-order chi connectivity index (χ1) is 14.2. The van der Waals surface area contributed by atoms with Gasteiger partial charge in [-0.25, -0.2) is 9.97 Å². The Morgan fingerprint density at radius 2 is 1.72 bits per heavy atom. The van der Waals surface area contributed by atoms with Gasteiger partial charge in [0.15, 0.2) is 11.5 Å². The Kier molecular flexibility index (Phi) is 4.42. The molecule has 6 nitrogen and oxygen atoms in total. The van der Waals surface area contributed by atoms with Gasteiger partial charge in [-0.1, -0.05) is 0 Å². The number of aryl methyl sites for hydroxylation is 2. The van der Waals surface area contributed by atoms with E-state index in [1.165, 1.54) is 18.4 Å². The van der Waals surface area contributed by atoms with Crippen LogP contribution in [0.1, 0.15) is 24.2 Å². The van der Waals surface area contributed by atoms with Crippen LogP contribution in [0.2, 0.25) is 0 Å². The van der Waals surface area contributed by atoms with Crippen LogP contribution in [-0.2, 0) is 13.0 Å². The van der Waals surface area contributed by atoms with E-state index in [1.54, 1.807) is 14.2 Å². The summed E-state index contributed by atoms with van der Waals surface area (Å²) in [6.45, 7) is 5.18. The minimum Gasteiger partial charge on any atom is -0.493 e. The van der Waals surface area contributed by atoms with E-state index in [2.05, 4.69) is 40.7 Å². The zero-order chi connectivity index (χ0) is 20.0. The molecule has 29 heavy (non-hydrogen) atoms. The van der Waals surface area contributed by atoms with Crippen molar-refractivity contribution in [2.24, 2.45) is 0 Å². The highest BCUT2D eigenvalue weighted by atomic mass is 16.5. The topological polar surface area (TPSA) is 52.4 Å². The Labute approximate surface area is 171 Å². The van der Waals surface area contributed by atoms with E-state index in [-0.39, 0.29) is 0 Å². The van der Waals surface area contributed by atoms with Gasteiger partial charge in [0.25, 0.3) is 0 Å². The Morgan fingerprint density at radius 1 is 0.966 bits per heavy atom. The molecule has 0 amide bonds. The molecule has 2 aromatic heterocycles. The van der Waals surface area contributed by atoms with Crippen molar-refractivity contribution >= 4 is 5.82 Å². The van der Waals surface area contributed by atoms with E-state index in [0.717, 1.165) is 71.7 Å². The smallest absolute Gasteiger partial charge is 0.161 e. The summed E-state index contributed by atoms with van der Waals surface area (Å²) >= 11 is 0. The van der Waals surface area contributed by atoms with Crippen LogP contribution < -0.4 is 14.4 Å². The van der Waals surface area contributed by atoms with Crippen LogP contribution in [0.25, 0.3) is 22.5 Å². The van der Waals surface area contributed by atoms with Crippen molar-refractivity contribution in [1.82, 2.24) is 14.5 Å². The van der Waals surface area contributed by atoms with E-state index < -0.39 is 0 Å². The second-order valence-electron chi connectivity index (χ2n) is 7.72. The number of benzene rings is 1. The first-order valence-electron chi connectivity index (χ1n) is 10.2. The standard InChI is InChI=1S/C23H26N4O2/c1-15-25-22(17-6-7-21(24-14-17)26-9-4-5-10-26)23-18-13-20(29-3)19(28-2)12-16(18)8-11-27(15)23/h6-7,12-14H,4-5,8-11H2,1-3H3. The van der Waals surface area contributed by atoms with Gasteiger partial charge >= 0.3 is 0 Å². The average Bonchev–Trinajstić information content (AvgIpc) is 3.41. The normalized spacial score (nSPS) is 15.2. The van der Waals surface area contributed by atoms with Crippen molar-refractivity contribution < 1.29 is 9.47 Å². The molecule has 1 aromatic carbocycles. The van der Waals surface area contributed by atoms with Crippen LogP contribution >= 0.6 is 0 Å². The zero-order valence-corrected chi connectivity index (χ0v) is 17.2. The van der Waals surface area contributed by atoms with Gasteiger partial charge in [0, 0.05) is 37.0 Å². The van der Waals surface area contributed by atoms with Crippen molar-refractivity contribution in [2.75, 3.05) is 32.2 Å². The van der Waals surface area contributed by atoms with E-state index >= 15 is 0 Å². The van der Waals surface area contributed by atoms with E-state index in [4.69, 9.17) is 19.4 Å². The van der Waals surface area contributed by atoms with Gasteiger partial charge in [-0.15, -0.1) is 0 Å². The first-order valence-corrected chi connectivity index (χ1v) is 10.2. The number of pyridine rings is 1. The minimum atomic E-state index is 0.743. The summed E-state index contributed by atoms with van der Waals surface area (Å²) in [6, 6.07) is 8.45. The maximum Gasteiger partial charge on any atom is 0.161 e. The molecule has 0 radical (unpaired) electrons. The third-order valence-electron chi connectivity index (χ3n) is 6.08. The van der Waals surface area contributed by atoms with Gasteiger partial charge in [0.2, 0.25) is 0 Å². The maximum atomic E-state index is 5.57. The zero-order valence-electron chi connectivity index (χ0n) is 17.2. The van der Waals surface area contributed by atoms with E-state index in [9.17, 15) is 0 Å². The molecular formula is C23H26N4O2. The summed E-state index contributed by atoms with van der Waals surface area (Å²) in [4.78, 5) is 12.0. The fourth-order valence-corrected chi connectivity index (χ4v) is 4.55. The second kappa shape index (κ2) is 7.10. The Morgan fingerprint density at radius 3 is 2.41 bits per heavy atom. The van der Waals surface area contributed by atoms with Crippen LogP contribution in [0.3, 0.4) is 0 Å². The molecule has 0 saturated carbocycles. The largest absolute Gasteiger partial charge is 0.493 e. The average molecular weight is 390 g/mol. The highest BCUT2D eigenvalue weighted by Crippen LogP contribution is 2.42. The monoisotopic (exact) mass is 390 g/mol. The highest BCUT2D eigenvalue weighted by Gasteiger charge is 2.26. The Bertz CT molecular complexity index is 1050. The molecule has 4 heterocycles. The number of anilines is 1. The number of ether oxygens (including phenoxy) is 2. The molecular weight excluding hydrogens is 364 g/mol. The van der Waals surface area contributed by atoms with Gasteiger partial charge in [0.1, 0.15) is 11.6 Å². The number of rotatable bonds is 4. The number of imidazole rings is 1. The number of methoxy groups -OCH3 is 2. The lowest BCUT2D eigenvalue weighted by Crippen LogP contribution is -2.18. The van der Waals surface area contributed by atoms with Gasteiger partial charge in [-0.05, 0) is 56.0 Å². The summed E-state index contributed by atoms with van der Waals surface area (Å²) in [6.07, 6.45) is 5.41. The second-order valence-corrected chi connectivity index (χ2v) is 7.72. The van der Waals surface area contributed by atoms with Crippen molar-refractivity contribution in [3.63, 3.8) is 0 Å². The van der Waals surface area contributed by atoms with Crippen molar-refractivity contribution in [3.8, 4) is 34.0 Å². The maximum absolute atomic E-state index is 5.57. The molecule has 0 N–H and O–H groups in total. The Hall–Kier alpha value is -3.02. The number of nitrogens with zero attached hydrogens (tertiary/aromatic N) is 4.